The molecular weight excluding hydrogens is 350 g/mol. The van der Waals surface area contributed by atoms with Crippen molar-refractivity contribution in [1.82, 2.24) is 15.0 Å². The molecule has 4 aromatic rings. The highest BCUT2D eigenvalue weighted by Crippen LogP contribution is 2.33. The first-order valence-electron chi connectivity index (χ1n) is 7.56. The number of thiazole rings is 1. The van der Waals surface area contributed by atoms with Crippen molar-refractivity contribution in [3.8, 4) is 17.3 Å². The van der Waals surface area contributed by atoms with E-state index in [2.05, 4.69) is 25.7 Å². The Labute approximate surface area is 152 Å². The number of hydrogen-bond acceptors (Lipinski definition) is 6. The largest absolute Gasteiger partial charge is 0.358 e. The van der Waals surface area contributed by atoms with Gasteiger partial charge >= 0.3 is 0 Å². The van der Waals surface area contributed by atoms with Crippen LogP contribution >= 0.6 is 23.3 Å². The second kappa shape index (κ2) is 6.59. The van der Waals surface area contributed by atoms with Crippen LogP contribution in [0.25, 0.3) is 22.2 Å². The molecule has 0 bridgehead atoms. The molecule has 0 atom stereocenters. The molecule has 3 heterocycles. The zero-order chi connectivity index (χ0) is 17.2. The standard InChI is InChI=1S/C18H13N5S2/c1-11-4-5-14(17-16(11)13(7-19)9-21-17)23-25-18-22-15(10-24-18)12-3-2-6-20-8-12/h2-6,8-10,21,23H,1H3. The summed E-state index contributed by atoms with van der Waals surface area (Å²) >= 11 is 3.04. The lowest BCUT2D eigenvalue weighted by atomic mass is 10.1. The zero-order valence-corrected chi connectivity index (χ0v) is 14.9. The zero-order valence-electron chi connectivity index (χ0n) is 13.3. The molecule has 0 aliphatic carbocycles. The molecule has 0 spiro atoms. The van der Waals surface area contributed by atoms with Crippen LogP contribution in [-0.4, -0.2) is 15.0 Å². The number of hydrogen-bond donors (Lipinski definition) is 2. The molecule has 7 heteroatoms. The molecule has 0 fully saturated rings. The number of rotatable bonds is 4. The van der Waals surface area contributed by atoms with E-state index in [0.29, 0.717) is 5.56 Å². The van der Waals surface area contributed by atoms with Crippen LogP contribution in [0.1, 0.15) is 11.1 Å². The first-order chi connectivity index (χ1) is 12.3. The van der Waals surface area contributed by atoms with Crippen LogP contribution in [0, 0.1) is 18.3 Å². The van der Waals surface area contributed by atoms with Crippen LogP contribution in [0.3, 0.4) is 0 Å². The highest BCUT2D eigenvalue weighted by atomic mass is 32.2. The van der Waals surface area contributed by atoms with Gasteiger partial charge in [0.05, 0.1) is 22.5 Å². The third kappa shape index (κ3) is 2.97. The summed E-state index contributed by atoms with van der Waals surface area (Å²) < 4.78 is 4.26. The number of nitriles is 1. The molecule has 0 aliphatic heterocycles. The predicted octanol–water partition coefficient (Wildman–Crippen LogP) is 4.99. The van der Waals surface area contributed by atoms with Crippen molar-refractivity contribution in [2.45, 2.75) is 11.3 Å². The average Bonchev–Trinajstić information content (AvgIpc) is 3.29. The summed E-state index contributed by atoms with van der Waals surface area (Å²) in [6.45, 7) is 2.01. The van der Waals surface area contributed by atoms with Gasteiger partial charge in [0, 0.05) is 46.9 Å². The SMILES string of the molecule is Cc1ccc(NSc2nc(-c3cccnc3)cs2)c2[nH]cc(C#N)c12. The third-order valence-corrected chi connectivity index (χ3v) is 5.61. The summed E-state index contributed by atoms with van der Waals surface area (Å²) in [6, 6.07) is 10.2. The Bertz CT molecular complexity index is 1080. The van der Waals surface area contributed by atoms with Crippen LogP contribution in [0.4, 0.5) is 5.69 Å². The minimum absolute atomic E-state index is 0.661. The number of fused-ring (bicyclic) bond motifs is 1. The second-order valence-electron chi connectivity index (χ2n) is 5.44. The molecular formula is C18H13N5S2. The van der Waals surface area contributed by atoms with Crippen molar-refractivity contribution in [2.75, 3.05) is 4.72 Å². The maximum Gasteiger partial charge on any atom is 0.171 e. The van der Waals surface area contributed by atoms with Gasteiger partial charge in [-0.2, -0.15) is 5.26 Å². The first-order valence-corrected chi connectivity index (χ1v) is 9.25. The molecule has 25 heavy (non-hydrogen) atoms. The van der Waals surface area contributed by atoms with E-state index >= 15 is 0 Å². The van der Waals surface area contributed by atoms with E-state index in [0.717, 1.165) is 37.8 Å². The summed E-state index contributed by atoms with van der Waals surface area (Å²) in [5.41, 5.74) is 5.54. The van der Waals surface area contributed by atoms with Crippen LogP contribution in [0.15, 0.2) is 52.6 Å². The number of H-pyrrole nitrogens is 1. The van der Waals surface area contributed by atoms with E-state index in [1.165, 1.54) is 11.9 Å². The smallest absolute Gasteiger partial charge is 0.171 e. The van der Waals surface area contributed by atoms with Gasteiger partial charge in [-0.05, 0) is 30.7 Å². The topological polar surface area (TPSA) is 77.4 Å². The average molecular weight is 363 g/mol. The van der Waals surface area contributed by atoms with Gasteiger partial charge in [0.1, 0.15) is 6.07 Å². The van der Waals surface area contributed by atoms with Gasteiger partial charge in [-0.1, -0.05) is 6.07 Å². The number of aryl methyl sites for hydroxylation is 1. The fourth-order valence-electron chi connectivity index (χ4n) is 2.64. The van der Waals surface area contributed by atoms with E-state index in [4.69, 9.17) is 0 Å². The van der Waals surface area contributed by atoms with Gasteiger partial charge in [-0.3, -0.25) is 4.98 Å². The van der Waals surface area contributed by atoms with Gasteiger partial charge in [-0.25, -0.2) is 4.98 Å². The fraction of sp³-hybridized carbons (Fsp3) is 0.0556. The number of aromatic amines is 1. The van der Waals surface area contributed by atoms with Gasteiger partial charge in [-0.15, -0.1) is 11.3 Å². The van der Waals surface area contributed by atoms with Gasteiger partial charge in [0.2, 0.25) is 0 Å². The Kier molecular flexibility index (Phi) is 4.14. The molecule has 1 aromatic carbocycles. The maximum atomic E-state index is 9.25. The molecule has 0 aliphatic rings. The maximum absolute atomic E-state index is 9.25. The molecule has 0 unspecified atom stereocenters. The Morgan fingerprint density at radius 3 is 3.04 bits per heavy atom. The fourth-order valence-corrected chi connectivity index (χ4v) is 4.17. The number of anilines is 1. The summed E-state index contributed by atoms with van der Waals surface area (Å²) in [4.78, 5) is 12.0. The highest BCUT2D eigenvalue weighted by Gasteiger charge is 2.11. The van der Waals surface area contributed by atoms with Crippen LogP contribution in [0.5, 0.6) is 0 Å². The molecule has 2 N–H and O–H groups in total. The van der Waals surface area contributed by atoms with Crippen molar-refractivity contribution in [2.24, 2.45) is 0 Å². The van der Waals surface area contributed by atoms with Crippen LogP contribution < -0.4 is 4.72 Å². The Balaban J connectivity index is 1.58. The monoisotopic (exact) mass is 363 g/mol. The van der Waals surface area contributed by atoms with Crippen molar-refractivity contribution in [3.05, 3.63) is 59.4 Å². The lowest BCUT2D eigenvalue weighted by molar-refractivity contribution is 1.24. The van der Waals surface area contributed by atoms with E-state index in [-0.39, 0.29) is 0 Å². The van der Waals surface area contributed by atoms with Crippen molar-refractivity contribution in [1.29, 1.82) is 5.26 Å². The van der Waals surface area contributed by atoms with Crippen molar-refractivity contribution >= 4 is 39.9 Å². The van der Waals surface area contributed by atoms with E-state index < -0.39 is 0 Å². The quantitative estimate of drug-likeness (QED) is 0.500. The number of benzene rings is 1. The predicted molar refractivity (Wildman–Crippen MR) is 103 cm³/mol. The van der Waals surface area contributed by atoms with Gasteiger partial charge < -0.3 is 9.71 Å². The molecule has 0 amide bonds. The summed E-state index contributed by atoms with van der Waals surface area (Å²) in [7, 11) is 0. The summed E-state index contributed by atoms with van der Waals surface area (Å²) in [6.07, 6.45) is 5.31. The van der Waals surface area contributed by atoms with Gasteiger partial charge in [0.25, 0.3) is 0 Å². The summed E-state index contributed by atoms with van der Waals surface area (Å²) in [5, 5.41) is 12.2. The highest BCUT2D eigenvalue weighted by molar-refractivity contribution is 8.02. The normalized spacial score (nSPS) is 10.7. The molecule has 4 rings (SSSR count). The lowest BCUT2D eigenvalue weighted by Crippen LogP contribution is -1.89. The van der Waals surface area contributed by atoms with Crippen molar-refractivity contribution < 1.29 is 0 Å². The molecule has 0 saturated carbocycles. The molecule has 122 valence electrons. The number of pyridine rings is 1. The minimum Gasteiger partial charge on any atom is -0.358 e. The number of nitrogens with zero attached hydrogens (tertiary/aromatic N) is 3. The van der Waals surface area contributed by atoms with Crippen LogP contribution in [0.2, 0.25) is 0 Å². The minimum atomic E-state index is 0.661. The van der Waals surface area contributed by atoms with E-state index in [9.17, 15) is 5.26 Å². The first kappa shape index (κ1) is 15.7. The molecule has 0 saturated heterocycles. The molecule has 0 radical (unpaired) electrons. The Morgan fingerprint density at radius 2 is 2.24 bits per heavy atom. The van der Waals surface area contributed by atoms with Crippen molar-refractivity contribution in [3.63, 3.8) is 0 Å². The molecule has 3 aromatic heterocycles. The Morgan fingerprint density at radius 1 is 1.32 bits per heavy atom. The van der Waals surface area contributed by atoms with Gasteiger partial charge in [0.15, 0.2) is 4.34 Å². The number of aromatic nitrogens is 3. The summed E-state index contributed by atoms with van der Waals surface area (Å²) in [5.74, 6) is 0. The van der Waals surface area contributed by atoms with E-state index in [1.807, 2.05) is 42.8 Å². The lowest BCUT2D eigenvalue weighted by Gasteiger charge is -2.06. The Hall–Kier alpha value is -2.82. The molecule has 5 nitrogen and oxygen atoms in total. The third-order valence-electron chi connectivity index (χ3n) is 3.85. The second-order valence-corrected chi connectivity index (χ2v) is 7.35. The van der Waals surface area contributed by atoms with Crippen LogP contribution in [-0.2, 0) is 0 Å². The number of nitrogens with one attached hydrogen (secondary N) is 2. The van der Waals surface area contributed by atoms with E-state index in [1.54, 1.807) is 23.7 Å².